The van der Waals surface area contributed by atoms with Crippen molar-refractivity contribution in [3.8, 4) is 0 Å². The molecule has 21 heavy (non-hydrogen) atoms. The molecule has 0 saturated heterocycles. The average molecular weight is 291 g/mol. The van der Waals surface area contributed by atoms with Gasteiger partial charge in [0.2, 0.25) is 5.78 Å². The molecule has 0 spiro atoms. The van der Waals surface area contributed by atoms with Gasteiger partial charge in [0.25, 0.3) is 0 Å². The van der Waals surface area contributed by atoms with Crippen molar-refractivity contribution >= 4 is 11.6 Å². The van der Waals surface area contributed by atoms with E-state index in [1.165, 1.54) is 44.3 Å². The largest absolute Gasteiger partial charge is 0.382 e. The number of carbonyl (C=O) groups is 2. The summed E-state index contributed by atoms with van der Waals surface area (Å²) >= 11 is 0. The van der Waals surface area contributed by atoms with Crippen molar-refractivity contribution in [1.29, 1.82) is 0 Å². The van der Waals surface area contributed by atoms with Crippen molar-refractivity contribution in [1.82, 2.24) is 5.32 Å². The van der Waals surface area contributed by atoms with E-state index in [-0.39, 0.29) is 17.0 Å². The van der Waals surface area contributed by atoms with Gasteiger partial charge in [-0.1, -0.05) is 59.8 Å². The zero-order valence-electron chi connectivity index (χ0n) is 13.9. The van der Waals surface area contributed by atoms with Crippen molar-refractivity contribution in [3.05, 3.63) is 23.4 Å². The van der Waals surface area contributed by atoms with Crippen LogP contribution in [0.1, 0.15) is 66.2 Å². The van der Waals surface area contributed by atoms with E-state index in [9.17, 15) is 9.59 Å². The molecule has 118 valence electrons. The number of unbranched alkanes of at least 4 members (excludes halogenated alkanes) is 5. The van der Waals surface area contributed by atoms with Crippen LogP contribution in [-0.2, 0) is 9.59 Å². The van der Waals surface area contributed by atoms with Gasteiger partial charge in [0.05, 0.1) is 5.70 Å². The van der Waals surface area contributed by atoms with E-state index in [1.54, 1.807) is 0 Å². The van der Waals surface area contributed by atoms with E-state index < -0.39 is 0 Å². The minimum Gasteiger partial charge on any atom is -0.382 e. The highest BCUT2D eigenvalue weighted by Gasteiger charge is 2.28. The van der Waals surface area contributed by atoms with Gasteiger partial charge in [0, 0.05) is 18.2 Å². The molecule has 0 radical (unpaired) electrons. The van der Waals surface area contributed by atoms with Crippen LogP contribution in [0.5, 0.6) is 0 Å². The van der Waals surface area contributed by atoms with Crippen molar-refractivity contribution in [2.24, 2.45) is 5.41 Å². The van der Waals surface area contributed by atoms with Crippen LogP contribution in [0.2, 0.25) is 0 Å². The minimum absolute atomic E-state index is 0.0486. The van der Waals surface area contributed by atoms with Crippen molar-refractivity contribution < 1.29 is 9.59 Å². The summed E-state index contributed by atoms with van der Waals surface area (Å²) in [6.07, 6.45) is 10.2. The number of nitrogens with one attached hydrogen (secondary N) is 1. The minimum atomic E-state index is -0.284. The molecule has 1 aliphatic carbocycles. The smallest absolute Gasteiger partial charge is 0.202 e. The van der Waals surface area contributed by atoms with Crippen LogP contribution in [0.15, 0.2) is 23.4 Å². The van der Waals surface area contributed by atoms with Gasteiger partial charge < -0.3 is 5.32 Å². The molecule has 1 aliphatic rings. The molecule has 0 fully saturated rings. The molecule has 1 rings (SSSR count). The monoisotopic (exact) mass is 291 g/mol. The van der Waals surface area contributed by atoms with Crippen LogP contribution < -0.4 is 5.32 Å². The first kappa shape index (κ1) is 17.7. The molecule has 0 heterocycles. The van der Waals surface area contributed by atoms with Gasteiger partial charge in [0.15, 0.2) is 5.78 Å². The van der Waals surface area contributed by atoms with Gasteiger partial charge in [-0.15, -0.1) is 0 Å². The van der Waals surface area contributed by atoms with Gasteiger partial charge in [-0.25, -0.2) is 0 Å². The molecule has 0 unspecified atom stereocenters. The Morgan fingerprint density at radius 3 is 2.14 bits per heavy atom. The van der Waals surface area contributed by atoms with Crippen molar-refractivity contribution in [2.45, 2.75) is 66.2 Å². The van der Waals surface area contributed by atoms with Gasteiger partial charge in [0.1, 0.15) is 0 Å². The highest BCUT2D eigenvalue weighted by Crippen LogP contribution is 2.28. The highest BCUT2D eigenvalue weighted by atomic mass is 16.1. The molecule has 0 aromatic carbocycles. The lowest BCUT2D eigenvalue weighted by Gasteiger charge is -2.23. The topological polar surface area (TPSA) is 46.2 Å². The molecule has 0 atom stereocenters. The van der Waals surface area contributed by atoms with Gasteiger partial charge in [-0.05, 0) is 17.9 Å². The van der Waals surface area contributed by atoms with Crippen LogP contribution in [0.4, 0.5) is 0 Å². The molecule has 0 saturated carbocycles. The Labute approximate surface area is 128 Å². The fraction of sp³-hybridized carbons (Fsp3) is 0.667. The van der Waals surface area contributed by atoms with E-state index in [2.05, 4.69) is 12.2 Å². The summed E-state index contributed by atoms with van der Waals surface area (Å²) in [7, 11) is 0. The molecule has 0 amide bonds. The molecule has 0 aromatic heterocycles. The van der Waals surface area contributed by atoms with Gasteiger partial charge in [-0.3, -0.25) is 9.59 Å². The molecule has 1 N–H and O–H groups in total. The molecular formula is C18H29NO2. The van der Waals surface area contributed by atoms with Gasteiger partial charge in [-0.2, -0.15) is 0 Å². The Kier molecular flexibility index (Phi) is 6.86. The summed E-state index contributed by atoms with van der Waals surface area (Å²) in [5.74, 6) is -0.127. The Morgan fingerprint density at radius 2 is 1.52 bits per heavy atom. The van der Waals surface area contributed by atoms with Crippen molar-refractivity contribution in [2.75, 3.05) is 6.54 Å². The van der Waals surface area contributed by atoms with Gasteiger partial charge >= 0.3 is 0 Å². The first-order chi connectivity index (χ1) is 9.86. The van der Waals surface area contributed by atoms with E-state index in [0.717, 1.165) is 13.0 Å². The predicted molar refractivity (Wildman–Crippen MR) is 87.0 cm³/mol. The Hall–Kier alpha value is -1.38. The quantitative estimate of drug-likeness (QED) is 0.544. The number of rotatable bonds is 8. The fourth-order valence-corrected chi connectivity index (χ4v) is 2.41. The maximum atomic E-state index is 12.1. The Balaban J connectivity index is 2.38. The first-order valence-electron chi connectivity index (χ1n) is 8.12. The third-order valence-electron chi connectivity index (χ3n) is 3.74. The number of hydrogen-bond acceptors (Lipinski definition) is 3. The third-order valence-corrected chi connectivity index (χ3v) is 3.74. The molecule has 3 nitrogen and oxygen atoms in total. The van der Waals surface area contributed by atoms with Crippen LogP contribution >= 0.6 is 0 Å². The molecule has 0 aromatic rings. The fourth-order valence-electron chi connectivity index (χ4n) is 2.41. The second-order valence-corrected chi connectivity index (χ2v) is 6.79. The maximum absolute atomic E-state index is 12.1. The van der Waals surface area contributed by atoms with Crippen LogP contribution in [0.25, 0.3) is 0 Å². The molecule has 0 bridgehead atoms. The normalized spacial score (nSPS) is 15.8. The second-order valence-electron chi connectivity index (χ2n) is 6.79. The van der Waals surface area contributed by atoms with E-state index in [0.29, 0.717) is 11.3 Å². The SMILES string of the molecule is CCCCCCCCNC1=CC(=O)C(C(C)(C)C)=CC1=O. The predicted octanol–water partition coefficient (Wildman–Crippen LogP) is 3.94. The number of carbonyl (C=O) groups excluding carboxylic acids is 2. The standard InChI is InChI=1S/C18H29NO2/c1-5-6-7-8-9-10-11-19-15-13-16(20)14(12-17(15)21)18(2,3)4/h12-13,19H,5-11H2,1-4H3. The van der Waals surface area contributed by atoms with Crippen molar-refractivity contribution in [3.63, 3.8) is 0 Å². The Bertz CT molecular complexity index is 439. The van der Waals surface area contributed by atoms with E-state index in [1.807, 2.05) is 20.8 Å². The number of hydrogen-bond donors (Lipinski definition) is 1. The highest BCUT2D eigenvalue weighted by molar-refractivity contribution is 6.20. The average Bonchev–Trinajstić information content (AvgIpc) is 2.39. The van der Waals surface area contributed by atoms with Crippen LogP contribution in [0.3, 0.4) is 0 Å². The molecule has 0 aliphatic heterocycles. The lowest BCUT2D eigenvalue weighted by atomic mass is 9.81. The summed E-state index contributed by atoms with van der Waals surface area (Å²) in [4.78, 5) is 24.1. The summed E-state index contributed by atoms with van der Waals surface area (Å²) in [6, 6.07) is 0. The van der Waals surface area contributed by atoms with Crippen LogP contribution in [0, 0.1) is 5.41 Å². The zero-order chi connectivity index (χ0) is 15.9. The third kappa shape index (κ3) is 5.86. The molecule has 3 heteroatoms. The Morgan fingerprint density at radius 1 is 0.905 bits per heavy atom. The van der Waals surface area contributed by atoms with E-state index >= 15 is 0 Å². The lowest BCUT2D eigenvalue weighted by Crippen LogP contribution is -2.28. The summed E-state index contributed by atoms with van der Waals surface area (Å²) in [5.41, 5.74) is 0.757. The number of ketones is 2. The summed E-state index contributed by atoms with van der Waals surface area (Å²) in [6.45, 7) is 8.82. The van der Waals surface area contributed by atoms with E-state index in [4.69, 9.17) is 0 Å². The zero-order valence-corrected chi connectivity index (χ0v) is 13.9. The summed E-state index contributed by atoms with van der Waals surface area (Å²) in [5, 5.41) is 3.11. The van der Waals surface area contributed by atoms with Crippen LogP contribution in [-0.4, -0.2) is 18.1 Å². The summed E-state index contributed by atoms with van der Waals surface area (Å²) < 4.78 is 0. The second kappa shape index (κ2) is 8.16. The maximum Gasteiger partial charge on any atom is 0.202 e. The number of allylic oxidation sites excluding steroid dienone is 3. The first-order valence-corrected chi connectivity index (χ1v) is 8.12. The molecular weight excluding hydrogens is 262 g/mol. The lowest BCUT2D eigenvalue weighted by molar-refractivity contribution is -0.116.